The Labute approximate surface area is 140 Å². The lowest BCUT2D eigenvalue weighted by molar-refractivity contribution is -0.140. The normalized spacial score (nSPS) is 25.4. The van der Waals surface area contributed by atoms with Crippen LogP contribution in [-0.2, 0) is 11.3 Å². The zero-order valence-corrected chi connectivity index (χ0v) is 13.3. The minimum atomic E-state index is -0.931. The minimum Gasteiger partial charge on any atom is -0.476 e. The first-order chi connectivity index (χ1) is 11.7. The fourth-order valence-corrected chi connectivity index (χ4v) is 3.48. The van der Waals surface area contributed by atoms with Gasteiger partial charge in [0, 0.05) is 25.6 Å². The van der Waals surface area contributed by atoms with Crippen molar-refractivity contribution < 1.29 is 14.7 Å². The van der Waals surface area contributed by atoms with Crippen molar-refractivity contribution in [2.24, 2.45) is 11.1 Å². The molecule has 2 aromatic carbocycles. The van der Waals surface area contributed by atoms with Gasteiger partial charge < -0.3 is 14.8 Å². The smallest absolute Gasteiger partial charge is 0.267 e. The fraction of sp³-hybridized carbons (Fsp3) is 0.263. The van der Waals surface area contributed by atoms with Gasteiger partial charge in [-0.2, -0.15) is 0 Å². The lowest BCUT2D eigenvalue weighted by Crippen LogP contribution is -2.45. The second kappa shape index (κ2) is 5.37. The van der Waals surface area contributed by atoms with Gasteiger partial charge >= 0.3 is 0 Å². The largest absolute Gasteiger partial charge is 0.476 e. The van der Waals surface area contributed by atoms with Crippen LogP contribution in [0, 0.1) is 5.92 Å². The molecule has 1 N–H and O–H groups in total. The first-order valence-electron chi connectivity index (χ1n) is 7.95. The van der Waals surface area contributed by atoms with Crippen LogP contribution in [0.5, 0.6) is 5.75 Å². The Morgan fingerprint density at radius 3 is 2.71 bits per heavy atom. The third-order valence-corrected chi connectivity index (χ3v) is 4.77. The maximum Gasteiger partial charge on any atom is 0.267 e. The lowest BCUT2D eigenvalue weighted by atomic mass is 9.99. The van der Waals surface area contributed by atoms with Crippen LogP contribution in [0.3, 0.4) is 0 Å². The molecule has 0 saturated heterocycles. The molecule has 122 valence electrons. The number of ether oxygens (including phenoxy) is 1. The number of amides is 1. The molecule has 0 spiro atoms. The van der Waals surface area contributed by atoms with Crippen LogP contribution < -0.4 is 4.74 Å². The molecule has 1 saturated carbocycles. The van der Waals surface area contributed by atoms with E-state index in [0.29, 0.717) is 24.4 Å². The number of oxime groups is 1. The SMILES string of the molecule is CN(Cc1ccccc1)C(=O)C12CC1C(=NO)c1ccccc1O2. The summed E-state index contributed by atoms with van der Waals surface area (Å²) in [4.78, 5) is 14.7. The quantitative estimate of drug-likeness (QED) is 0.698. The third kappa shape index (κ3) is 2.16. The third-order valence-electron chi connectivity index (χ3n) is 4.77. The van der Waals surface area contributed by atoms with Gasteiger partial charge in [-0.1, -0.05) is 47.6 Å². The molecule has 2 atom stereocenters. The van der Waals surface area contributed by atoms with Crippen LogP contribution in [0.25, 0.3) is 0 Å². The van der Waals surface area contributed by atoms with E-state index in [9.17, 15) is 10.0 Å². The van der Waals surface area contributed by atoms with Crippen molar-refractivity contribution in [2.75, 3.05) is 7.05 Å². The molecule has 1 aliphatic carbocycles. The van der Waals surface area contributed by atoms with E-state index in [4.69, 9.17) is 4.74 Å². The molecular formula is C19H18N2O3. The van der Waals surface area contributed by atoms with Crippen molar-refractivity contribution >= 4 is 11.6 Å². The summed E-state index contributed by atoms with van der Waals surface area (Å²) >= 11 is 0. The van der Waals surface area contributed by atoms with Crippen molar-refractivity contribution in [1.29, 1.82) is 0 Å². The molecule has 5 heteroatoms. The van der Waals surface area contributed by atoms with E-state index >= 15 is 0 Å². The summed E-state index contributed by atoms with van der Waals surface area (Å²) in [6.07, 6.45) is 0.541. The standard InChI is InChI=1S/C19H18N2O3/c1-21(12-13-7-3-2-4-8-13)18(22)19-11-15(19)17(20-23)14-9-5-6-10-16(14)24-19/h2-10,15,23H,11-12H2,1H3. The highest BCUT2D eigenvalue weighted by Crippen LogP contribution is 2.54. The number of carbonyl (C=O) groups excluding carboxylic acids is 1. The van der Waals surface area contributed by atoms with Gasteiger partial charge in [0.05, 0.1) is 11.6 Å². The van der Waals surface area contributed by atoms with Crippen molar-refractivity contribution in [2.45, 2.75) is 18.6 Å². The zero-order chi connectivity index (χ0) is 16.7. The number of hydrogen-bond donors (Lipinski definition) is 1. The zero-order valence-electron chi connectivity index (χ0n) is 13.3. The van der Waals surface area contributed by atoms with Crippen LogP contribution >= 0.6 is 0 Å². The summed E-state index contributed by atoms with van der Waals surface area (Å²) in [5, 5.41) is 12.9. The lowest BCUT2D eigenvalue weighted by Gasteiger charge is -2.29. The molecule has 2 unspecified atom stereocenters. The summed E-state index contributed by atoms with van der Waals surface area (Å²) in [7, 11) is 1.78. The van der Waals surface area contributed by atoms with E-state index in [1.165, 1.54) is 0 Å². The summed E-state index contributed by atoms with van der Waals surface area (Å²) < 4.78 is 6.06. The second-order valence-corrected chi connectivity index (χ2v) is 6.38. The molecule has 4 rings (SSSR count). The van der Waals surface area contributed by atoms with Crippen LogP contribution in [-0.4, -0.2) is 34.4 Å². The number of nitrogens with zero attached hydrogens (tertiary/aromatic N) is 2. The fourth-order valence-electron chi connectivity index (χ4n) is 3.48. The predicted octanol–water partition coefficient (Wildman–Crippen LogP) is 2.67. The highest BCUT2D eigenvalue weighted by Gasteiger charge is 2.68. The van der Waals surface area contributed by atoms with Gasteiger partial charge in [0.25, 0.3) is 5.91 Å². The van der Waals surface area contributed by atoms with Gasteiger partial charge in [-0.25, -0.2) is 0 Å². The van der Waals surface area contributed by atoms with E-state index in [2.05, 4.69) is 5.16 Å². The van der Waals surface area contributed by atoms with Crippen molar-refractivity contribution in [1.82, 2.24) is 4.90 Å². The maximum absolute atomic E-state index is 13.0. The molecule has 0 bridgehead atoms. The predicted molar refractivity (Wildman–Crippen MR) is 89.1 cm³/mol. The first kappa shape index (κ1) is 14.8. The second-order valence-electron chi connectivity index (χ2n) is 6.38. The molecule has 0 aromatic heterocycles. The highest BCUT2D eigenvalue weighted by atomic mass is 16.5. The Kier molecular flexibility index (Phi) is 3.30. The van der Waals surface area contributed by atoms with E-state index in [1.807, 2.05) is 48.5 Å². The Balaban J connectivity index is 1.60. The molecule has 1 fully saturated rings. The molecule has 1 aliphatic heterocycles. The topological polar surface area (TPSA) is 62.1 Å². The van der Waals surface area contributed by atoms with Crippen LogP contribution in [0.2, 0.25) is 0 Å². The number of benzene rings is 2. The van der Waals surface area contributed by atoms with Crippen molar-refractivity contribution in [3.8, 4) is 5.75 Å². The number of hydrogen-bond acceptors (Lipinski definition) is 4. The molecule has 24 heavy (non-hydrogen) atoms. The first-order valence-corrected chi connectivity index (χ1v) is 7.95. The van der Waals surface area contributed by atoms with Gasteiger partial charge in [-0.05, 0) is 17.7 Å². The molecular weight excluding hydrogens is 304 g/mol. The number of rotatable bonds is 3. The van der Waals surface area contributed by atoms with Gasteiger partial charge in [0.1, 0.15) is 5.75 Å². The van der Waals surface area contributed by atoms with Crippen LogP contribution in [0.1, 0.15) is 17.5 Å². The Hall–Kier alpha value is -2.82. The molecule has 2 aromatic rings. The summed E-state index contributed by atoms with van der Waals surface area (Å²) in [5.74, 6) is 0.329. The van der Waals surface area contributed by atoms with E-state index in [0.717, 1.165) is 11.1 Å². The summed E-state index contributed by atoms with van der Waals surface area (Å²) in [5.41, 5.74) is 1.43. The number of likely N-dealkylation sites (N-methyl/N-ethyl adjacent to an activating group) is 1. The van der Waals surface area contributed by atoms with E-state index in [-0.39, 0.29) is 11.8 Å². The van der Waals surface area contributed by atoms with Crippen molar-refractivity contribution in [3.63, 3.8) is 0 Å². The number of carbonyl (C=O) groups is 1. The average Bonchev–Trinajstić information content (AvgIpc) is 3.34. The Bertz CT molecular complexity index is 818. The maximum atomic E-state index is 13.0. The Morgan fingerprint density at radius 2 is 1.96 bits per heavy atom. The molecule has 1 amide bonds. The average molecular weight is 322 g/mol. The number of fused-ring (bicyclic) bond motifs is 2. The molecule has 0 radical (unpaired) electrons. The highest BCUT2D eigenvalue weighted by molar-refractivity contribution is 6.12. The van der Waals surface area contributed by atoms with Crippen LogP contribution in [0.4, 0.5) is 0 Å². The molecule has 2 aliphatic rings. The van der Waals surface area contributed by atoms with E-state index in [1.54, 1.807) is 18.0 Å². The van der Waals surface area contributed by atoms with Gasteiger partial charge in [0.15, 0.2) is 5.60 Å². The molecule has 1 heterocycles. The Morgan fingerprint density at radius 1 is 1.25 bits per heavy atom. The van der Waals surface area contributed by atoms with Gasteiger partial charge in [-0.3, -0.25) is 4.79 Å². The monoisotopic (exact) mass is 322 g/mol. The summed E-state index contributed by atoms with van der Waals surface area (Å²) in [6.45, 7) is 0.519. The molecule has 5 nitrogen and oxygen atoms in total. The minimum absolute atomic E-state index is 0.0768. The van der Waals surface area contributed by atoms with E-state index < -0.39 is 5.60 Å². The van der Waals surface area contributed by atoms with Crippen LogP contribution in [0.15, 0.2) is 59.8 Å². The van der Waals surface area contributed by atoms with Gasteiger partial charge in [-0.15, -0.1) is 0 Å². The summed E-state index contributed by atoms with van der Waals surface area (Å²) in [6, 6.07) is 17.2. The van der Waals surface area contributed by atoms with Crippen molar-refractivity contribution in [3.05, 3.63) is 65.7 Å². The van der Waals surface area contributed by atoms with Gasteiger partial charge in [0.2, 0.25) is 0 Å². The number of para-hydroxylation sites is 1.